The number of carbonyl (C=O) groups is 2. The lowest BCUT2D eigenvalue weighted by Crippen LogP contribution is -2.34. The highest BCUT2D eigenvalue weighted by Crippen LogP contribution is 2.18. The average molecular weight is 286 g/mol. The lowest BCUT2D eigenvalue weighted by atomic mass is 10.1. The van der Waals surface area contributed by atoms with Crippen molar-refractivity contribution >= 4 is 29.9 Å². The molecule has 0 radical (unpaired) electrons. The molecule has 2 amide bonds. The van der Waals surface area contributed by atoms with Crippen molar-refractivity contribution in [2.45, 2.75) is 20.3 Å². The number of para-hydroxylation sites is 1. The molecule has 0 unspecified atom stereocenters. The minimum atomic E-state index is -0.238. The maximum atomic E-state index is 11.7. The highest BCUT2D eigenvalue weighted by Gasteiger charge is 2.08. The summed E-state index contributed by atoms with van der Waals surface area (Å²) in [5.74, 6) is -0.452. The van der Waals surface area contributed by atoms with Crippen molar-refractivity contribution in [2.75, 3.05) is 18.4 Å². The summed E-state index contributed by atoms with van der Waals surface area (Å²) in [5.41, 5.74) is 8.03. The molecule has 1 aromatic carbocycles. The molecule has 19 heavy (non-hydrogen) atoms. The monoisotopic (exact) mass is 285 g/mol. The Morgan fingerprint density at radius 2 is 1.74 bits per heavy atom. The van der Waals surface area contributed by atoms with Crippen LogP contribution in [0.15, 0.2) is 18.2 Å². The number of carbonyl (C=O) groups excluding carboxylic acids is 2. The van der Waals surface area contributed by atoms with Crippen molar-refractivity contribution in [3.63, 3.8) is 0 Å². The van der Waals surface area contributed by atoms with Gasteiger partial charge in [0.15, 0.2) is 0 Å². The molecule has 0 aliphatic rings. The van der Waals surface area contributed by atoms with Crippen LogP contribution in [0.4, 0.5) is 5.69 Å². The van der Waals surface area contributed by atoms with E-state index in [0.717, 1.165) is 16.8 Å². The van der Waals surface area contributed by atoms with Crippen LogP contribution < -0.4 is 16.4 Å². The largest absolute Gasteiger partial charge is 0.347 e. The van der Waals surface area contributed by atoms with Gasteiger partial charge in [-0.1, -0.05) is 18.2 Å². The maximum absolute atomic E-state index is 11.7. The van der Waals surface area contributed by atoms with E-state index in [-0.39, 0.29) is 43.7 Å². The van der Waals surface area contributed by atoms with Gasteiger partial charge < -0.3 is 16.4 Å². The van der Waals surface area contributed by atoms with E-state index in [0.29, 0.717) is 0 Å². The van der Waals surface area contributed by atoms with Crippen molar-refractivity contribution < 1.29 is 9.59 Å². The van der Waals surface area contributed by atoms with Gasteiger partial charge in [-0.05, 0) is 25.0 Å². The second-order valence-electron chi connectivity index (χ2n) is 4.13. The average Bonchev–Trinajstić information content (AvgIpc) is 2.32. The molecule has 0 saturated carbocycles. The molecular weight excluding hydrogens is 266 g/mol. The third-order valence-corrected chi connectivity index (χ3v) is 2.56. The van der Waals surface area contributed by atoms with Gasteiger partial charge in [0.2, 0.25) is 11.8 Å². The standard InChI is InChI=1S/C13H19N3O2.ClH/c1-9-4-3-5-10(2)13(9)16-12(18)8-15-11(17)6-7-14;/h3-5H,6-8,14H2,1-2H3,(H,15,17)(H,16,18);1H. The van der Waals surface area contributed by atoms with Crippen LogP contribution in [0, 0.1) is 13.8 Å². The quantitative estimate of drug-likeness (QED) is 0.758. The Morgan fingerprint density at radius 1 is 1.16 bits per heavy atom. The number of anilines is 1. The van der Waals surface area contributed by atoms with Crippen LogP contribution in [0.5, 0.6) is 0 Å². The number of nitrogens with one attached hydrogen (secondary N) is 2. The molecule has 0 spiro atoms. The summed E-state index contributed by atoms with van der Waals surface area (Å²) in [4.78, 5) is 22.8. The molecule has 5 nitrogen and oxygen atoms in total. The first kappa shape index (κ1) is 17.4. The summed E-state index contributed by atoms with van der Waals surface area (Å²) in [7, 11) is 0. The topological polar surface area (TPSA) is 84.2 Å². The summed E-state index contributed by atoms with van der Waals surface area (Å²) in [5, 5.41) is 5.30. The van der Waals surface area contributed by atoms with E-state index in [1.165, 1.54) is 0 Å². The number of nitrogens with two attached hydrogens (primary N) is 1. The van der Waals surface area contributed by atoms with Crippen LogP contribution in [0.3, 0.4) is 0 Å². The van der Waals surface area contributed by atoms with Crippen LogP contribution in [-0.4, -0.2) is 24.9 Å². The molecule has 0 atom stereocenters. The van der Waals surface area contributed by atoms with E-state index in [1.807, 2.05) is 32.0 Å². The Balaban J connectivity index is 0.00000324. The molecule has 0 aliphatic heterocycles. The van der Waals surface area contributed by atoms with E-state index in [1.54, 1.807) is 0 Å². The predicted octanol–water partition coefficient (Wildman–Crippen LogP) is 1.13. The summed E-state index contributed by atoms with van der Waals surface area (Å²) < 4.78 is 0. The van der Waals surface area contributed by atoms with E-state index in [2.05, 4.69) is 10.6 Å². The fraction of sp³-hybridized carbons (Fsp3) is 0.385. The van der Waals surface area contributed by atoms with Gasteiger partial charge in [0.05, 0.1) is 6.54 Å². The fourth-order valence-electron chi connectivity index (χ4n) is 1.59. The van der Waals surface area contributed by atoms with Crippen molar-refractivity contribution in [3.05, 3.63) is 29.3 Å². The smallest absolute Gasteiger partial charge is 0.243 e. The molecule has 106 valence electrons. The zero-order valence-electron chi connectivity index (χ0n) is 11.2. The first-order valence-electron chi connectivity index (χ1n) is 5.87. The molecular formula is C13H20ClN3O2. The van der Waals surface area contributed by atoms with E-state index in [9.17, 15) is 9.59 Å². The summed E-state index contributed by atoms with van der Waals surface area (Å²) >= 11 is 0. The van der Waals surface area contributed by atoms with Gasteiger partial charge in [0.25, 0.3) is 0 Å². The lowest BCUT2D eigenvalue weighted by Gasteiger charge is -2.11. The normalized spacial score (nSPS) is 9.42. The van der Waals surface area contributed by atoms with E-state index < -0.39 is 0 Å². The first-order valence-corrected chi connectivity index (χ1v) is 5.87. The van der Waals surface area contributed by atoms with Crippen molar-refractivity contribution in [1.82, 2.24) is 5.32 Å². The molecule has 1 rings (SSSR count). The maximum Gasteiger partial charge on any atom is 0.243 e. The van der Waals surface area contributed by atoms with Gasteiger partial charge >= 0.3 is 0 Å². The zero-order valence-corrected chi connectivity index (χ0v) is 12.0. The summed E-state index contributed by atoms with van der Waals surface area (Å²) in [6.45, 7) is 4.10. The number of aryl methyl sites for hydroxylation is 2. The predicted molar refractivity (Wildman–Crippen MR) is 78.5 cm³/mol. The molecule has 0 aliphatic carbocycles. The van der Waals surface area contributed by atoms with Crippen molar-refractivity contribution in [3.8, 4) is 0 Å². The number of amides is 2. The van der Waals surface area contributed by atoms with Crippen LogP contribution >= 0.6 is 12.4 Å². The third-order valence-electron chi connectivity index (χ3n) is 2.56. The highest BCUT2D eigenvalue weighted by molar-refractivity contribution is 5.95. The number of hydrogen-bond acceptors (Lipinski definition) is 3. The second-order valence-corrected chi connectivity index (χ2v) is 4.13. The Kier molecular flexibility index (Phi) is 7.79. The van der Waals surface area contributed by atoms with E-state index in [4.69, 9.17) is 5.73 Å². The van der Waals surface area contributed by atoms with Gasteiger partial charge in [-0.15, -0.1) is 12.4 Å². The molecule has 0 heterocycles. The molecule has 0 saturated heterocycles. The van der Waals surface area contributed by atoms with Gasteiger partial charge in [-0.2, -0.15) is 0 Å². The third kappa shape index (κ3) is 5.72. The summed E-state index contributed by atoms with van der Waals surface area (Å²) in [6, 6.07) is 5.79. The molecule has 0 bridgehead atoms. The molecule has 0 fully saturated rings. The molecule has 0 aromatic heterocycles. The molecule has 4 N–H and O–H groups in total. The van der Waals surface area contributed by atoms with E-state index >= 15 is 0 Å². The van der Waals surface area contributed by atoms with Crippen molar-refractivity contribution in [2.24, 2.45) is 5.73 Å². The van der Waals surface area contributed by atoms with Crippen molar-refractivity contribution in [1.29, 1.82) is 0 Å². The lowest BCUT2D eigenvalue weighted by molar-refractivity contribution is -0.124. The Hall–Kier alpha value is -1.59. The number of benzene rings is 1. The Morgan fingerprint density at radius 3 is 2.26 bits per heavy atom. The second kappa shape index (κ2) is 8.50. The Labute approximate surface area is 119 Å². The van der Waals surface area contributed by atoms with Crippen LogP contribution in [0.1, 0.15) is 17.5 Å². The minimum absolute atomic E-state index is 0. The van der Waals surface area contributed by atoms with Gasteiger partial charge in [-0.25, -0.2) is 0 Å². The number of halogens is 1. The fourth-order valence-corrected chi connectivity index (χ4v) is 1.59. The minimum Gasteiger partial charge on any atom is -0.347 e. The molecule has 6 heteroatoms. The SMILES string of the molecule is Cc1cccc(C)c1NC(=O)CNC(=O)CCN.Cl. The summed E-state index contributed by atoms with van der Waals surface area (Å²) in [6.07, 6.45) is 0.233. The zero-order chi connectivity index (χ0) is 13.5. The first-order chi connectivity index (χ1) is 8.54. The Bertz CT molecular complexity index is 429. The van der Waals surface area contributed by atoms with Gasteiger partial charge in [-0.3, -0.25) is 9.59 Å². The van der Waals surface area contributed by atoms with Crippen LogP contribution in [0.25, 0.3) is 0 Å². The van der Waals surface area contributed by atoms with Gasteiger partial charge in [0, 0.05) is 18.7 Å². The number of rotatable bonds is 5. The number of hydrogen-bond donors (Lipinski definition) is 3. The highest BCUT2D eigenvalue weighted by atomic mass is 35.5. The van der Waals surface area contributed by atoms with Crippen LogP contribution in [0.2, 0.25) is 0 Å². The van der Waals surface area contributed by atoms with Crippen LogP contribution in [-0.2, 0) is 9.59 Å². The van der Waals surface area contributed by atoms with Gasteiger partial charge in [0.1, 0.15) is 0 Å². The molecule has 1 aromatic rings.